The molecule has 10 heteroatoms. The van der Waals surface area contributed by atoms with Crippen molar-refractivity contribution in [2.45, 2.75) is 6.54 Å². The molecule has 1 aliphatic heterocycles. The lowest BCUT2D eigenvalue weighted by Gasteiger charge is -2.13. The van der Waals surface area contributed by atoms with Crippen LogP contribution in [0.2, 0.25) is 5.02 Å². The molecule has 0 spiro atoms. The summed E-state index contributed by atoms with van der Waals surface area (Å²) in [6, 6.07) is 18.4. The van der Waals surface area contributed by atoms with Crippen molar-refractivity contribution in [2.75, 3.05) is 11.5 Å². The van der Waals surface area contributed by atoms with Crippen LogP contribution in [0.1, 0.15) is 36.6 Å². The molecule has 0 saturated heterocycles. The third-order valence-electron chi connectivity index (χ3n) is 5.09. The van der Waals surface area contributed by atoms with Crippen LogP contribution in [0.3, 0.4) is 0 Å². The van der Waals surface area contributed by atoms with Crippen molar-refractivity contribution in [1.29, 1.82) is 0 Å². The summed E-state index contributed by atoms with van der Waals surface area (Å²) < 4.78 is 4.94. The van der Waals surface area contributed by atoms with Gasteiger partial charge in [0.05, 0.1) is 22.4 Å². The highest BCUT2D eigenvalue weighted by atomic mass is 35.5. The Bertz CT molecular complexity index is 1320. The first-order valence-electron chi connectivity index (χ1n) is 10.4. The Morgan fingerprint density at radius 1 is 0.857 bits per heavy atom. The first-order chi connectivity index (χ1) is 16.8. The number of carbonyl (C=O) groups is 5. The smallest absolute Gasteiger partial charge is 0.338 e. The first-order valence-corrected chi connectivity index (χ1v) is 10.8. The number of hydrogen-bond acceptors (Lipinski definition) is 6. The standard InChI is InChI=1S/C25H18ClN3O6/c26-17-7-9-18(10-8-17)29-22(31)19-11-6-16(12-20(19)23(29)32)24(33)35-14-21(30)28-25(34)27-13-15-4-2-1-3-5-15/h1-12H,13-14H2,(H2,27,28,30,34). The van der Waals surface area contributed by atoms with Crippen LogP contribution in [0, 0.1) is 0 Å². The molecule has 0 radical (unpaired) electrons. The molecule has 4 rings (SSSR count). The average Bonchev–Trinajstić information content (AvgIpc) is 3.11. The number of imide groups is 2. The van der Waals surface area contributed by atoms with E-state index in [9.17, 15) is 24.0 Å². The van der Waals surface area contributed by atoms with Gasteiger partial charge in [-0.2, -0.15) is 0 Å². The van der Waals surface area contributed by atoms with Crippen molar-refractivity contribution in [3.8, 4) is 0 Å². The number of amides is 5. The van der Waals surface area contributed by atoms with Gasteiger partial charge in [-0.1, -0.05) is 41.9 Å². The van der Waals surface area contributed by atoms with Gasteiger partial charge < -0.3 is 10.1 Å². The number of hydrogen-bond donors (Lipinski definition) is 2. The second-order valence-electron chi connectivity index (χ2n) is 7.48. The number of halogens is 1. The van der Waals surface area contributed by atoms with Crippen LogP contribution in [0.4, 0.5) is 10.5 Å². The lowest BCUT2D eigenvalue weighted by Crippen LogP contribution is -2.41. The van der Waals surface area contributed by atoms with E-state index in [0.29, 0.717) is 10.7 Å². The molecule has 1 heterocycles. The van der Waals surface area contributed by atoms with Crippen molar-refractivity contribution in [3.05, 3.63) is 100 Å². The van der Waals surface area contributed by atoms with Crippen molar-refractivity contribution >= 4 is 47.0 Å². The van der Waals surface area contributed by atoms with E-state index in [1.165, 1.54) is 30.3 Å². The van der Waals surface area contributed by atoms with Gasteiger partial charge in [-0.05, 0) is 48.0 Å². The topological polar surface area (TPSA) is 122 Å². The quantitative estimate of drug-likeness (QED) is 0.403. The highest BCUT2D eigenvalue weighted by molar-refractivity contribution is 6.35. The minimum absolute atomic E-state index is 0.0239. The highest BCUT2D eigenvalue weighted by Gasteiger charge is 2.37. The van der Waals surface area contributed by atoms with Crippen LogP contribution in [-0.2, 0) is 16.1 Å². The van der Waals surface area contributed by atoms with Crippen molar-refractivity contribution in [1.82, 2.24) is 10.6 Å². The molecule has 1 aliphatic rings. The molecule has 3 aromatic carbocycles. The molecule has 0 fully saturated rings. The van der Waals surface area contributed by atoms with Gasteiger partial charge in [0.1, 0.15) is 0 Å². The van der Waals surface area contributed by atoms with Gasteiger partial charge >= 0.3 is 12.0 Å². The van der Waals surface area contributed by atoms with Crippen LogP contribution >= 0.6 is 11.6 Å². The predicted molar refractivity (Wildman–Crippen MR) is 126 cm³/mol. The lowest BCUT2D eigenvalue weighted by molar-refractivity contribution is -0.123. The van der Waals surface area contributed by atoms with Crippen LogP contribution in [0.5, 0.6) is 0 Å². The lowest BCUT2D eigenvalue weighted by atomic mass is 10.1. The largest absolute Gasteiger partial charge is 0.452 e. The number of fused-ring (bicyclic) bond motifs is 1. The molecule has 35 heavy (non-hydrogen) atoms. The van der Waals surface area contributed by atoms with Crippen molar-refractivity contribution in [3.63, 3.8) is 0 Å². The fourth-order valence-corrected chi connectivity index (χ4v) is 3.52. The summed E-state index contributed by atoms with van der Waals surface area (Å²) in [5.74, 6) is -2.86. The fraction of sp³-hybridized carbons (Fsp3) is 0.0800. The molecule has 0 atom stereocenters. The van der Waals surface area contributed by atoms with Crippen LogP contribution in [-0.4, -0.2) is 36.3 Å². The third kappa shape index (κ3) is 5.36. The summed E-state index contributed by atoms with van der Waals surface area (Å²) >= 11 is 5.87. The number of nitrogens with one attached hydrogen (secondary N) is 2. The van der Waals surface area contributed by atoms with E-state index in [2.05, 4.69) is 10.6 Å². The number of carbonyl (C=O) groups excluding carboxylic acids is 5. The van der Waals surface area contributed by atoms with Crippen LogP contribution in [0.15, 0.2) is 72.8 Å². The van der Waals surface area contributed by atoms with Gasteiger partial charge in [-0.15, -0.1) is 0 Å². The van der Waals surface area contributed by atoms with E-state index in [1.807, 2.05) is 30.3 Å². The summed E-state index contributed by atoms with van der Waals surface area (Å²) in [7, 11) is 0. The molecule has 9 nitrogen and oxygen atoms in total. The molecular weight excluding hydrogens is 474 g/mol. The zero-order chi connectivity index (χ0) is 24.9. The Labute approximate surface area is 204 Å². The maximum absolute atomic E-state index is 12.8. The SMILES string of the molecule is O=C(COC(=O)c1ccc2c(c1)C(=O)N(c1ccc(Cl)cc1)C2=O)NC(=O)NCc1ccccc1. The molecule has 0 unspecified atom stereocenters. The van der Waals surface area contributed by atoms with Crippen molar-refractivity contribution in [2.24, 2.45) is 0 Å². The minimum Gasteiger partial charge on any atom is -0.452 e. The number of ether oxygens (including phenoxy) is 1. The number of nitrogens with zero attached hydrogens (tertiary/aromatic N) is 1. The normalized spacial score (nSPS) is 12.2. The molecule has 0 saturated carbocycles. The van der Waals surface area contributed by atoms with Gasteiger partial charge in [-0.25, -0.2) is 14.5 Å². The van der Waals surface area contributed by atoms with Gasteiger partial charge in [0, 0.05) is 11.6 Å². The number of rotatable bonds is 6. The van der Waals surface area contributed by atoms with Crippen molar-refractivity contribution < 1.29 is 28.7 Å². The van der Waals surface area contributed by atoms with E-state index in [4.69, 9.17) is 16.3 Å². The van der Waals surface area contributed by atoms with E-state index in [-0.39, 0.29) is 23.2 Å². The number of esters is 1. The van der Waals surface area contributed by atoms with Gasteiger partial charge in [-0.3, -0.25) is 19.7 Å². The Kier molecular flexibility index (Phi) is 6.88. The summed E-state index contributed by atoms with van der Waals surface area (Å²) in [6.45, 7) is -0.493. The van der Waals surface area contributed by atoms with E-state index < -0.39 is 36.3 Å². The highest BCUT2D eigenvalue weighted by Crippen LogP contribution is 2.30. The summed E-state index contributed by atoms with van der Waals surface area (Å²) in [4.78, 5) is 62.7. The van der Waals surface area contributed by atoms with Gasteiger partial charge in [0.2, 0.25) is 0 Å². The summed E-state index contributed by atoms with van der Waals surface area (Å²) in [5.41, 5.74) is 1.33. The summed E-state index contributed by atoms with van der Waals surface area (Å²) in [6.07, 6.45) is 0. The number of anilines is 1. The second-order valence-corrected chi connectivity index (χ2v) is 7.91. The Morgan fingerprint density at radius 3 is 2.26 bits per heavy atom. The Hall–Kier alpha value is -4.50. The predicted octanol–water partition coefficient (Wildman–Crippen LogP) is 3.32. The molecule has 0 aromatic heterocycles. The molecule has 0 aliphatic carbocycles. The van der Waals surface area contributed by atoms with E-state index in [1.54, 1.807) is 12.1 Å². The third-order valence-corrected chi connectivity index (χ3v) is 5.34. The Balaban J connectivity index is 1.33. The van der Waals surface area contributed by atoms with E-state index >= 15 is 0 Å². The molecule has 2 N–H and O–H groups in total. The molecular formula is C25H18ClN3O6. The average molecular weight is 492 g/mol. The maximum atomic E-state index is 12.8. The fourth-order valence-electron chi connectivity index (χ4n) is 3.39. The molecule has 5 amide bonds. The zero-order valence-electron chi connectivity index (χ0n) is 18.1. The molecule has 0 bridgehead atoms. The van der Waals surface area contributed by atoms with Gasteiger partial charge in [0.25, 0.3) is 17.7 Å². The minimum atomic E-state index is -0.891. The van der Waals surface area contributed by atoms with E-state index in [0.717, 1.165) is 10.5 Å². The molecule has 176 valence electrons. The first kappa shape index (κ1) is 23.7. The van der Waals surface area contributed by atoms with Crippen LogP contribution < -0.4 is 15.5 Å². The number of urea groups is 1. The zero-order valence-corrected chi connectivity index (χ0v) is 18.9. The van der Waals surface area contributed by atoms with Gasteiger partial charge in [0.15, 0.2) is 6.61 Å². The maximum Gasteiger partial charge on any atom is 0.338 e. The molecule has 3 aromatic rings. The van der Waals surface area contributed by atoms with Crippen LogP contribution in [0.25, 0.3) is 0 Å². The summed E-state index contributed by atoms with van der Waals surface area (Å²) in [5, 5.41) is 5.02. The number of benzene rings is 3. The monoisotopic (exact) mass is 491 g/mol. The Morgan fingerprint density at radius 2 is 1.54 bits per heavy atom. The second kappa shape index (κ2) is 10.2.